The third kappa shape index (κ3) is 4.72. The van der Waals surface area contributed by atoms with Crippen molar-refractivity contribution in [3.63, 3.8) is 0 Å². The number of amides is 1. The molecular weight excluding hydrogens is 222 g/mol. The highest BCUT2D eigenvalue weighted by Crippen LogP contribution is 2.23. The van der Waals surface area contributed by atoms with Crippen LogP contribution in [0.15, 0.2) is 0 Å². The molecule has 0 aliphatic heterocycles. The van der Waals surface area contributed by atoms with E-state index in [4.69, 9.17) is 10.8 Å². The van der Waals surface area contributed by atoms with Crippen molar-refractivity contribution >= 4 is 21.8 Å². The topological polar surface area (TPSA) is 63.3 Å². The standard InChI is InChI=1S/C8H16BrNO2/c1-8(9,7(10)12)5-3-2-4-6-11/h11H,2-6H2,1H3,(H2,10,12). The number of carbonyl (C=O) groups excluding carboxylic acids is 1. The number of nitrogens with two attached hydrogens (primary N) is 1. The number of hydrogen-bond acceptors (Lipinski definition) is 2. The van der Waals surface area contributed by atoms with Crippen LogP contribution in [0.5, 0.6) is 0 Å². The summed E-state index contributed by atoms with van der Waals surface area (Å²) < 4.78 is -0.581. The second kappa shape index (κ2) is 5.54. The minimum atomic E-state index is -0.581. The fourth-order valence-electron chi connectivity index (χ4n) is 0.869. The first kappa shape index (κ1) is 11.9. The maximum atomic E-state index is 10.8. The summed E-state index contributed by atoms with van der Waals surface area (Å²) in [5, 5.41) is 8.50. The Bertz CT molecular complexity index is 148. The van der Waals surface area contributed by atoms with Crippen LogP contribution in [-0.2, 0) is 4.79 Å². The minimum Gasteiger partial charge on any atom is -0.396 e. The third-order valence-corrected chi connectivity index (χ3v) is 2.61. The number of primary amides is 1. The van der Waals surface area contributed by atoms with Gasteiger partial charge in [-0.1, -0.05) is 28.8 Å². The highest BCUT2D eigenvalue weighted by atomic mass is 79.9. The summed E-state index contributed by atoms with van der Waals surface area (Å²) in [5.74, 6) is -0.327. The molecule has 0 heterocycles. The number of aliphatic hydroxyl groups is 1. The van der Waals surface area contributed by atoms with E-state index in [1.54, 1.807) is 6.92 Å². The van der Waals surface area contributed by atoms with E-state index >= 15 is 0 Å². The van der Waals surface area contributed by atoms with E-state index in [2.05, 4.69) is 15.9 Å². The summed E-state index contributed by atoms with van der Waals surface area (Å²) >= 11 is 3.26. The van der Waals surface area contributed by atoms with Crippen LogP contribution in [0, 0.1) is 0 Å². The third-order valence-electron chi connectivity index (χ3n) is 1.82. The van der Waals surface area contributed by atoms with Crippen LogP contribution in [-0.4, -0.2) is 21.9 Å². The summed E-state index contributed by atoms with van der Waals surface area (Å²) in [4.78, 5) is 10.8. The van der Waals surface area contributed by atoms with Crippen molar-refractivity contribution in [3.8, 4) is 0 Å². The number of rotatable bonds is 6. The van der Waals surface area contributed by atoms with Crippen LogP contribution in [0.2, 0.25) is 0 Å². The zero-order valence-electron chi connectivity index (χ0n) is 7.35. The average Bonchev–Trinajstić information content (AvgIpc) is 1.98. The molecule has 0 rings (SSSR count). The Balaban J connectivity index is 3.54. The molecular formula is C8H16BrNO2. The molecule has 0 aromatic rings. The molecule has 72 valence electrons. The molecule has 1 amide bonds. The molecule has 0 aromatic carbocycles. The maximum Gasteiger partial charge on any atom is 0.234 e. The number of carbonyl (C=O) groups is 1. The summed E-state index contributed by atoms with van der Waals surface area (Å²) in [6.45, 7) is 1.99. The SMILES string of the molecule is CC(Br)(CCCCCO)C(N)=O. The molecule has 0 bridgehead atoms. The fraction of sp³-hybridized carbons (Fsp3) is 0.875. The fourth-order valence-corrected chi connectivity index (χ4v) is 1.15. The zero-order valence-corrected chi connectivity index (χ0v) is 8.93. The number of hydrogen-bond donors (Lipinski definition) is 2. The Labute approximate surface area is 81.5 Å². The van der Waals surface area contributed by atoms with E-state index in [1.807, 2.05) is 0 Å². The number of aliphatic hydroxyl groups excluding tert-OH is 1. The lowest BCUT2D eigenvalue weighted by molar-refractivity contribution is -0.119. The predicted molar refractivity (Wildman–Crippen MR) is 52.1 cm³/mol. The summed E-state index contributed by atoms with van der Waals surface area (Å²) in [7, 11) is 0. The van der Waals surface area contributed by atoms with Crippen molar-refractivity contribution in [2.45, 2.75) is 36.9 Å². The lowest BCUT2D eigenvalue weighted by atomic mass is 10.0. The molecule has 0 fully saturated rings. The molecule has 0 saturated heterocycles. The minimum absolute atomic E-state index is 0.218. The number of unbranched alkanes of at least 4 members (excludes halogenated alkanes) is 2. The molecule has 0 radical (unpaired) electrons. The first-order chi connectivity index (χ1) is 5.50. The van der Waals surface area contributed by atoms with Gasteiger partial charge in [0.25, 0.3) is 0 Å². The lowest BCUT2D eigenvalue weighted by Gasteiger charge is -2.17. The highest BCUT2D eigenvalue weighted by Gasteiger charge is 2.26. The summed E-state index contributed by atoms with van der Waals surface area (Å²) in [5.41, 5.74) is 5.15. The lowest BCUT2D eigenvalue weighted by Crippen LogP contribution is -2.34. The maximum absolute atomic E-state index is 10.8. The van der Waals surface area contributed by atoms with Crippen LogP contribution >= 0.6 is 15.9 Å². The van der Waals surface area contributed by atoms with Gasteiger partial charge in [-0.2, -0.15) is 0 Å². The van der Waals surface area contributed by atoms with Gasteiger partial charge in [0, 0.05) is 6.61 Å². The number of alkyl halides is 1. The van der Waals surface area contributed by atoms with E-state index in [0.717, 1.165) is 25.7 Å². The van der Waals surface area contributed by atoms with Gasteiger partial charge in [-0.15, -0.1) is 0 Å². The molecule has 3 nitrogen and oxygen atoms in total. The van der Waals surface area contributed by atoms with Crippen LogP contribution < -0.4 is 5.73 Å². The second-order valence-corrected chi connectivity index (χ2v) is 4.85. The van der Waals surface area contributed by atoms with Crippen LogP contribution in [0.3, 0.4) is 0 Å². The van der Waals surface area contributed by atoms with Crippen molar-refractivity contribution in [2.24, 2.45) is 5.73 Å². The Morgan fingerprint density at radius 2 is 2.08 bits per heavy atom. The van der Waals surface area contributed by atoms with Crippen LogP contribution in [0.1, 0.15) is 32.6 Å². The average molecular weight is 238 g/mol. The van der Waals surface area contributed by atoms with E-state index in [1.165, 1.54) is 0 Å². The number of halogens is 1. The van der Waals surface area contributed by atoms with Crippen LogP contribution in [0.4, 0.5) is 0 Å². The largest absolute Gasteiger partial charge is 0.396 e. The van der Waals surface area contributed by atoms with Gasteiger partial charge in [-0.3, -0.25) is 4.79 Å². The van der Waals surface area contributed by atoms with Crippen molar-refractivity contribution < 1.29 is 9.90 Å². The van der Waals surface area contributed by atoms with Gasteiger partial charge in [0.1, 0.15) is 4.32 Å². The van der Waals surface area contributed by atoms with E-state index in [0.29, 0.717) is 0 Å². The Morgan fingerprint density at radius 1 is 1.50 bits per heavy atom. The second-order valence-electron chi connectivity index (χ2n) is 3.10. The van der Waals surface area contributed by atoms with Crippen molar-refractivity contribution in [1.82, 2.24) is 0 Å². The molecule has 0 aromatic heterocycles. The van der Waals surface area contributed by atoms with Gasteiger partial charge >= 0.3 is 0 Å². The Morgan fingerprint density at radius 3 is 2.50 bits per heavy atom. The molecule has 1 unspecified atom stereocenters. The highest BCUT2D eigenvalue weighted by molar-refractivity contribution is 9.10. The molecule has 1 atom stereocenters. The first-order valence-electron chi connectivity index (χ1n) is 4.10. The van der Waals surface area contributed by atoms with Crippen molar-refractivity contribution in [2.75, 3.05) is 6.61 Å². The molecule has 0 aliphatic carbocycles. The Kier molecular flexibility index (Phi) is 5.50. The quantitative estimate of drug-likeness (QED) is 0.539. The molecule has 0 saturated carbocycles. The monoisotopic (exact) mass is 237 g/mol. The molecule has 0 aliphatic rings. The van der Waals surface area contributed by atoms with Crippen molar-refractivity contribution in [3.05, 3.63) is 0 Å². The molecule has 4 heteroatoms. The van der Waals surface area contributed by atoms with Gasteiger partial charge < -0.3 is 10.8 Å². The van der Waals surface area contributed by atoms with Crippen molar-refractivity contribution in [1.29, 1.82) is 0 Å². The zero-order chi connectivity index (χ0) is 9.61. The first-order valence-corrected chi connectivity index (χ1v) is 4.89. The molecule has 0 spiro atoms. The van der Waals surface area contributed by atoms with E-state index < -0.39 is 4.32 Å². The summed E-state index contributed by atoms with van der Waals surface area (Å²) in [6.07, 6.45) is 3.36. The normalized spacial score (nSPS) is 15.6. The predicted octanol–water partition coefficient (Wildman–Crippen LogP) is 1.18. The van der Waals surface area contributed by atoms with Gasteiger partial charge in [0.15, 0.2) is 0 Å². The molecule has 3 N–H and O–H groups in total. The van der Waals surface area contributed by atoms with E-state index in [9.17, 15) is 4.79 Å². The van der Waals surface area contributed by atoms with Crippen LogP contribution in [0.25, 0.3) is 0 Å². The van der Waals surface area contributed by atoms with Gasteiger partial charge in [-0.25, -0.2) is 0 Å². The Hall–Kier alpha value is -0.0900. The van der Waals surface area contributed by atoms with Gasteiger partial charge in [0.2, 0.25) is 5.91 Å². The summed E-state index contributed by atoms with van der Waals surface area (Å²) in [6, 6.07) is 0. The smallest absolute Gasteiger partial charge is 0.234 e. The van der Waals surface area contributed by atoms with Gasteiger partial charge in [-0.05, 0) is 19.8 Å². The van der Waals surface area contributed by atoms with Gasteiger partial charge in [0.05, 0.1) is 0 Å². The molecule has 12 heavy (non-hydrogen) atoms. The van der Waals surface area contributed by atoms with E-state index in [-0.39, 0.29) is 12.5 Å².